The lowest BCUT2D eigenvalue weighted by Crippen LogP contribution is -2.64. The standard InChI is InChI=1S/C17H23FN2O7S/c18-13-3-1-2-4-14(13)27-12-5-8-20(9-6-12)28(24,25)15-7-10-26-11-17(15,22)16(21)19-23/h1-4,12,15,22-23H,5-11H2,(H,19,21). The van der Waals surface area contributed by atoms with Gasteiger partial charge >= 0.3 is 0 Å². The molecule has 0 aromatic heterocycles. The van der Waals surface area contributed by atoms with E-state index in [1.807, 2.05) is 0 Å². The number of nitrogens with one attached hydrogen (secondary N) is 1. The van der Waals surface area contributed by atoms with E-state index >= 15 is 0 Å². The second-order valence-corrected chi connectivity index (χ2v) is 9.00. The van der Waals surface area contributed by atoms with Crippen molar-refractivity contribution in [1.82, 2.24) is 9.79 Å². The molecule has 1 amide bonds. The lowest BCUT2D eigenvalue weighted by atomic mass is 9.95. The van der Waals surface area contributed by atoms with E-state index in [1.165, 1.54) is 21.9 Å². The number of sulfonamides is 1. The van der Waals surface area contributed by atoms with Gasteiger partial charge in [-0.1, -0.05) is 12.1 Å². The van der Waals surface area contributed by atoms with Crippen LogP contribution in [0.15, 0.2) is 24.3 Å². The van der Waals surface area contributed by atoms with Gasteiger partial charge in [-0.2, -0.15) is 0 Å². The zero-order chi connectivity index (χ0) is 20.4. The molecular formula is C17H23FN2O7S. The smallest absolute Gasteiger partial charge is 0.279 e. The number of piperidine rings is 1. The van der Waals surface area contributed by atoms with E-state index in [2.05, 4.69) is 0 Å². The van der Waals surface area contributed by atoms with Crippen LogP contribution in [-0.4, -0.2) is 72.2 Å². The minimum Gasteiger partial charge on any atom is -0.487 e. The number of benzene rings is 1. The van der Waals surface area contributed by atoms with Gasteiger partial charge in [0.25, 0.3) is 5.91 Å². The Balaban J connectivity index is 1.68. The molecule has 2 unspecified atom stereocenters. The Hall–Kier alpha value is -1.79. The van der Waals surface area contributed by atoms with E-state index in [9.17, 15) is 22.7 Å². The zero-order valence-electron chi connectivity index (χ0n) is 15.1. The molecule has 1 aromatic rings. The molecule has 0 aliphatic carbocycles. The van der Waals surface area contributed by atoms with Gasteiger partial charge in [-0.05, 0) is 31.4 Å². The fraction of sp³-hybridized carbons (Fsp3) is 0.588. The van der Waals surface area contributed by atoms with E-state index in [-0.39, 0.29) is 38.0 Å². The Kier molecular flexibility index (Phi) is 6.20. The van der Waals surface area contributed by atoms with Crippen LogP contribution in [0.4, 0.5) is 4.39 Å². The van der Waals surface area contributed by atoms with Crippen molar-refractivity contribution < 1.29 is 37.4 Å². The lowest BCUT2D eigenvalue weighted by molar-refractivity contribution is -0.161. The largest absolute Gasteiger partial charge is 0.487 e. The summed E-state index contributed by atoms with van der Waals surface area (Å²) in [5.74, 6) is -1.60. The van der Waals surface area contributed by atoms with Crippen LogP contribution in [0.5, 0.6) is 5.75 Å². The van der Waals surface area contributed by atoms with E-state index in [0.29, 0.717) is 12.8 Å². The third-order valence-electron chi connectivity index (χ3n) is 5.12. The summed E-state index contributed by atoms with van der Waals surface area (Å²) in [5.41, 5.74) is -1.07. The van der Waals surface area contributed by atoms with Gasteiger partial charge in [-0.25, -0.2) is 22.6 Å². The van der Waals surface area contributed by atoms with Crippen LogP contribution in [0.1, 0.15) is 19.3 Å². The number of amides is 1. The zero-order valence-corrected chi connectivity index (χ0v) is 15.9. The Bertz CT molecular complexity index is 813. The highest BCUT2D eigenvalue weighted by Gasteiger charge is 2.54. The maximum Gasteiger partial charge on any atom is 0.279 e. The molecule has 0 spiro atoms. The van der Waals surface area contributed by atoms with Gasteiger partial charge in [0.15, 0.2) is 17.2 Å². The van der Waals surface area contributed by atoms with E-state index < -0.39 is 39.2 Å². The van der Waals surface area contributed by atoms with Gasteiger partial charge < -0.3 is 14.6 Å². The van der Waals surface area contributed by atoms with Crippen molar-refractivity contribution in [3.05, 3.63) is 30.1 Å². The SMILES string of the molecule is O=C(NO)C1(O)COCCC1S(=O)(=O)N1CCC(Oc2ccccc2F)CC1. The average Bonchev–Trinajstić information content (AvgIpc) is 2.69. The number of para-hydroxylation sites is 1. The number of carbonyl (C=O) groups is 1. The molecule has 9 nitrogen and oxygen atoms in total. The number of hydroxylamine groups is 1. The predicted octanol–water partition coefficient (Wildman–Crippen LogP) is 0.0241. The van der Waals surface area contributed by atoms with Crippen LogP contribution in [0.25, 0.3) is 0 Å². The summed E-state index contributed by atoms with van der Waals surface area (Å²) in [6, 6.07) is 5.99. The topological polar surface area (TPSA) is 125 Å². The van der Waals surface area contributed by atoms with Crippen LogP contribution < -0.4 is 10.2 Å². The van der Waals surface area contributed by atoms with Crippen molar-refractivity contribution in [2.75, 3.05) is 26.3 Å². The molecule has 156 valence electrons. The maximum absolute atomic E-state index is 13.7. The molecule has 0 saturated carbocycles. The normalized spacial score (nSPS) is 27.3. The van der Waals surface area contributed by atoms with E-state index in [1.54, 1.807) is 12.1 Å². The molecule has 1 aromatic carbocycles. The third kappa shape index (κ3) is 3.98. The van der Waals surface area contributed by atoms with E-state index in [0.717, 1.165) is 0 Å². The minimum atomic E-state index is -4.05. The number of hydrogen-bond acceptors (Lipinski definition) is 7. The number of ether oxygens (including phenoxy) is 2. The first-order chi connectivity index (χ1) is 13.3. The molecule has 0 radical (unpaired) electrons. The fourth-order valence-corrected chi connectivity index (χ4v) is 5.70. The summed E-state index contributed by atoms with van der Waals surface area (Å²) < 4.78 is 51.7. The molecule has 2 saturated heterocycles. The third-order valence-corrected chi connectivity index (χ3v) is 7.55. The summed E-state index contributed by atoms with van der Waals surface area (Å²) in [6.07, 6.45) is 0.235. The lowest BCUT2D eigenvalue weighted by Gasteiger charge is -2.41. The molecule has 2 fully saturated rings. The number of aliphatic hydroxyl groups is 1. The molecule has 2 aliphatic heterocycles. The van der Waals surface area contributed by atoms with Gasteiger partial charge in [0.2, 0.25) is 10.0 Å². The Morgan fingerprint density at radius 2 is 1.96 bits per heavy atom. The molecule has 11 heteroatoms. The second-order valence-electron chi connectivity index (χ2n) is 6.89. The van der Waals surface area contributed by atoms with Gasteiger partial charge in [0.1, 0.15) is 11.4 Å². The summed E-state index contributed by atoms with van der Waals surface area (Å²) in [5, 5.41) is 18.0. The minimum absolute atomic E-state index is 0.0672. The maximum atomic E-state index is 13.7. The highest BCUT2D eigenvalue weighted by Crippen LogP contribution is 2.31. The van der Waals surface area contributed by atoms with Gasteiger partial charge in [-0.15, -0.1) is 0 Å². The van der Waals surface area contributed by atoms with Crippen molar-refractivity contribution in [1.29, 1.82) is 0 Å². The summed E-state index contributed by atoms with van der Waals surface area (Å²) >= 11 is 0. The Morgan fingerprint density at radius 1 is 1.29 bits per heavy atom. The summed E-state index contributed by atoms with van der Waals surface area (Å²) in [4.78, 5) is 11.9. The molecule has 2 heterocycles. The van der Waals surface area contributed by atoms with Gasteiger partial charge in [-0.3, -0.25) is 10.0 Å². The highest BCUT2D eigenvalue weighted by molar-refractivity contribution is 7.89. The number of rotatable bonds is 5. The molecule has 2 aliphatic rings. The van der Waals surface area contributed by atoms with Gasteiger partial charge in [0, 0.05) is 19.7 Å². The first kappa shape index (κ1) is 20.9. The molecule has 0 bridgehead atoms. The van der Waals surface area contributed by atoms with Crippen molar-refractivity contribution in [3.63, 3.8) is 0 Å². The predicted molar refractivity (Wildman–Crippen MR) is 94.6 cm³/mol. The quantitative estimate of drug-likeness (QED) is 0.455. The first-order valence-corrected chi connectivity index (χ1v) is 10.4. The first-order valence-electron chi connectivity index (χ1n) is 8.94. The molecule has 3 rings (SSSR count). The Labute approximate surface area is 162 Å². The van der Waals surface area contributed by atoms with Crippen molar-refractivity contribution in [2.24, 2.45) is 0 Å². The number of nitrogens with zero attached hydrogens (tertiary/aromatic N) is 1. The van der Waals surface area contributed by atoms with Crippen molar-refractivity contribution in [3.8, 4) is 5.75 Å². The van der Waals surface area contributed by atoms with Crippen LogP contribution in [-0.2, 0) is 19.6 Å². The molecule has 2 atom stereocenters. The second kappa shape index (κ2) is 8.29. The van der Waals surface area contributed by atoms with E-state index in [4.69, 9.17) is 14.7 Å². The summed E-state index contributed by atoms with van der Waals surface area (Å²) in [6.45, 7) is -0.251. The number of halogens is 1. The van der Waals surface area contributed by atoms with Crippen molar-refractivity contribution >= 4 is 15.9 Å². The summed E-state index contributed by atoms with van der Waals surface area (Å²) in [7, 11) is -4.05. The Morgan fingerprint density at radius 3 is 2.61 bits per heavy atom. The van der Waals surface area contributed by atoms with Crippen LogP contribution in [0.3, 0.4) is 0 Å². The fourth-order valence-electron chi connectivity index (χ4n) is 3.56. The van der Waals surface area contributed by atoms with Gasteiger partial charge in [0.05, 0.1) is 6.61 Å². The number of carbonyl (C=O) groups excluding carboxylic acids is 1. The molecule has 3 N–H and O–H groups in total. The van der Waals surface area contributed by atoms with Crippen LogP contribution in [0, 0.1) is 5.82 Å². The van der Waals surface area contributed by atoms with Crippen LogP contribution >= 0.6 is 0 Å². The molecular weight excluding hydrogens is 395 g/mol. The molecule has 28 heavy (non-hydrogen) atoms. The average molecular weight is 418 g/mol. The highest BCUT2D eigenvalue weighted by atomic mass is 32.2. The van der Waals surface area contributed by atoms with Crippen LogP contribution in [0.2, 0.25) is 0 Å². The monoisotopic (exact) mass is 418 g/mol. The number of hydrogen-bond donors (Lipinski definition) is 3. The van der Waals surface area contributed by atoms with Crippen molar-refractivity contribution in [2.45, 2.75) is 36.2 Å².